The van der Waals surface area contributed by atoms with Crippen LogP contribution in [0.1, 0.15) is 0 Å². The molecule has 0 saturated heterocycles. The van der Waals surface area contributed by atoms with Crippen molar-refractivity contribution < 1.29 is 9.13 Å². The van der Waals surface area contributed by atoms with Gasteiger partial charge in [0.1, 0.15) is 17.3 Å². The number of benzene rings is 2. The summed E-state index contributed by atoms with van der Waals surface area (Å²) in [5.74, 6) is 1.09. The van der Waals surface area contributed by atoms with Crippen LogP contribution in [0, 0.1) is 5.82 Å². The fourth-order valence-electron chi connectivity index (χ4n) is 1.33. The lowest BCUT2D eigenvalue weighted by Gasteiger charge is -2.06. The first-order valence-corrected chi connectivity index (χ1v) is 4.99. The van der Waals surface area contributed by atoms with Crippen LogP contribution in [0.25, 0.3) is 0 Å². The van der Waals surface area contributed by atoms with Crippen molar-refractivity contribution in [3.8, 4) is 11.5 Å². The molecule has 0 radical (unpaired) electrons. The number of hydrogen-bond acceptors (Lipinski definition) is 2. The standard InChI is InChI=1S/C13H12FNO.ClH/c1-15-11-4-8-13(9-5-11)16-12-6-2-10(14)3-7-12;/h2-9,15H,1H3;1H. The largest absolute Gasteiger partial charge is 0.457 e. The van der Waals surface area contributed by atoms with Gasteiger partial charge in [-0.1, -0.05) is 0 Å². The van der Waals surface area contributed by atoms with Gasteiger partial charge in [0.2, 0.25) is 0 Å². The maximum atomic E-state index is 12.7. The van der Waals surface area contributed by atoms with Crippen LogP contribution in [0.4, 0.5) is 10.1 Å². The SMILES string of the molecule is CNc1ccc(Oc2ccc(F)cc2)cc1.Cl. The summed E-state index contributed by atoms with van der Waals surface area (Å²) in [6.07, 6.45) is 0. The van der Waals surface area contributed by atoms with E-state index in [-0.39, 0.29) is 18.2 Å². The average molecular weight is 254 g/mol. The molecule has 0 heterocycles. The number of nitrogens with one attached hydrogen (secondary N) is 1. The van der Waals surface area contributed by atoms with Gasteiger partial charge >= 0.3 is 0 Å². The Bertz CT molecular complexity index is 456. The van der Waals surface area contributed by atoms with Crippen molar-refractivity contribution >= 4 is 18.1 Å². The van der Waals surface area contributed by atoms with E-state index in [4.69, 9.17) is 4.74 Å². The predicted molar refractivity (Wildman–Crippen MR) is 69.7 cm³/mol. The molecule has 17 heavy (non-hydrogen) atoms. The van der Waals surface area contributed by atoms with Gasteiger partial charge in [-0.3, -0.25) is 0 Å². The average Bonchev–Trinajstić information content (AvgIpc) is 2.33. The fraction of sp³-hybridized carbons (Fsp3) is 0.0769. The molecule has 0 aliphatic carbocycles. The molecule has 2 aromatic carbocycles. The highest BCUT2D eigenvalue weighted by Gasteiger charge is 1.97. The monoisotopic (exact) mass is 253 g/mol. The first-order valence-electron chi connectivity index (χ1n) is 4.99. The van der Waals surface area contributed by atoms with Gasteiger partial charge in [0.05, 0.1) is 0 Å². The molecule has 0 amide bonds. The lowest BCUT2D eigenvalue weighted by molar-refractivity contribution is 0.480. The summed E-state index contributed by atoms with van der Waals surface area (Å²) in [4.78, 5) is 0. The Morgan fingerprint density at radius 2 is 1.35 bits per heavy atom. The minimum absolute atomic E-state index is 0. The van der Waals surface area contributed by atoms with E-state index in [2.05, 4.69) is 5.32 Å². The Kier molecular flexibility index (Phi) is 4.79. The molecular weight excluding hydrogens is 241 g/mol. The van der Waals surface area contributed by atoms with Crippen LogP contribution >= 0.6 is 12.4 Å². The molecule has 1 N–H and O–H groups in total. The molecule has 2 nitrogen and oxygen atoms in total. The summed E-state index contributed by atoms with van der Waals surface area (Å²) >= 11 is 0. The predicted octanol–water partition coefficient (Wildman–Crippen LogP) is 4.08. The molecule has 0 aliphatic heterocycles. The summed E-state index contributed by atoms with van der Waals surface area (Å²) in [7, 11) is 1.86. The second-order valence-electron chi connectivity index (χ2n) is 3.33. The first-order chi connectivity index (χ1) is 7.78. The van der Waals surface area contributed by atoms with Gasteiger partial charge in [-0.15, -0.1) is 12.4 Å². The first kappa shape index (κ1) is 13.3. The smallest absolute Gasteiger partial charge is 0.127 e. The van der Waals surface area contributed by atoms with Crippen LogP contribution in [0.5, 0.6) is 11.5 Å². The van der Waals surface area contributed by atoms with Crippen LogP contribution in [0.2, 0.25) is 0 Å². The summed E-state index contributed by atoms with van der Waals surface area (Å²) in [6.45, 7) is 0. The van der Waals surface area contributed by atoms with E-state index in [1.807, 2.05) is 31.3 Å². The Labute approximate surface area is 106 Å². The summed E-state index contributed by atoms with van der Waals surface area (Å²) in [5.41, 5.74) is 1.02. The van der Waals surface area contributed by atoms with Crippen LogP contribution in [-0.2, 0) is 0 Å². The van der Waals surface area contributed by atoms with Gasteiger partial charge < -0.3 is 10.1 Å². The quantitative estimate of drug-likeness (QED) is 0.890. The van der Waals surface area contributed by atoms with Gasteiger partial charge in [0.15, 0.2) is 0 Å². The molecule has 0 atom stereocenters. The third-order valence-electron chi connectivity index (χ3n) is 2.19. The minimum atomic E-state index is -0.266. The van der Waals surface area contributed by atoms with Gasteiger partial charge in [0, 0.05) is 12.7 Å². The van der Waals surface area contributed by atoms with Crippen LogP contribution in [0.15, 0.2) is 48.5 Å². The highest BCUT2D eigenvalue weighted by atomic mass is 35.5. The van der Waals surface area contributed by atoms with Gasteiger partial charge in [-0.05, 0) is 48.5 Å². The topological polar surface area (TPSA) is 21.3 Å². The maximum absolute atomic E-state index is 12.7. The number of rotatable bonds is 3. The molecule has 0 bridgehead atoms. The van der Waals surface area contributed by atoms with E-state index in [1.54, 1.807) is 12.1 Å². The molecule has 0 spiro atoms. The van der Waals surface area contributed by atoms with Crippen molar-refractivity contribution in [2.24, 2.45) is 0 Å². The van der Waals surface area contributed by atoms with Gasteiger partial charge in [-0.25, -0.2) is 4.39 Å². The Balaban J connectivity index is 0.00000144. The third kappa shape index (κ3) is 3.64. The minimum Gasteiger partial charge on any atom is -0.457 e. The van der Waals surface area contributed by atoms with E-state index in [0.717, 1.165) is 11.4 Å². The Hall–Kier alpha value is -1.74. The number of ether oxygens (including phenoxy) is 1. The van der Waals surface area contributed by atoms with Crippen molar-refractivity contribution in [3.05, 3.63) is 54.3 Å². The molecule has 0 unspecified atom stereocenters. The van der Waals surface area contributed by atoms with Crippen molar-refractivity contribution in [3.63, 3.8) is 0 Å². The lowest BCUT2D eigenvalue weighted by Crippen LogP contribution is -1.88. The Morgan fingerprint density at radius 1 is 0.882 bits per heavy atom. The third-order valence-corrected chi connectivity index (χ3v) is 2.19. The van der Waals surface area contributed by atoms with Crippen molar-refractivity contribution in [1.29, 1.82) is 0 Å². The van der Waals surface area contributed by atoms with Crippen molar-refractivity contribution in [2.75, 3.05) is 12.4 Å². The molecule has 0 saturated carbocycles. The molecule has 4 heteroatoms. The maximum Gasteiger partial charge on any atom is 0.127 e. The van der Waals surface area contributed by atoms with Crippen molar-refractivity contribution in [2.45, 2.75) is 0 Å². The summed E-state index contributed by atoms with van der Waals surface area (Å²) in [5, 5.41) is 3.02. The Morgan fingerprint density at radius 3 is 1.82 bits per heavy atom. The molecule has 2 aromatic rings. The molecule has 90 valence electrons. The highest BCUT2D eigenvalue weighted by molar-refractivity contribution is 5.85. The van der Waals surface area contributed by atoms with Crippen molar-refractivity contribution in [1.82, 2.24) is 0 Å². The van der Waals surface area contributed by atoms with E-state index in [0.29, 0.717) is 5.75 Å². The molecule has 2 rings (SSSR count). The van der Waals surface area contributed by atoms with E-state index < -0.39 is 0 Å². The highest BCUT2D eigenvalue weighted by Crippen LogP contribution is 2.22. The number of halogens is 2. The molecular formula is C13H13ClFNO. The second-order valence-corrected chi connectivity index (χ2v) is 3.33. The van der Waals surface area contributed by atoms with Gasteiger partial charge in [-0.2, -0.15) is 0 Å². The summed E-state index contributed by atoms with van der Waals surface area (Å²) < 4.78 is 18.2. The molecule has 0 aromatic heterocycles. The van der Waals surface area contributed by atoms with E-state index in [9.17, 15) is 4.39 Å². The van der Waals surface area contributed by atoms with Crippen LogP contribution in [-0.4, -0.2) is 7.05 Å². The number of hydrogen-bond donors (Lipinski definition) is 1. The van der Waals surface area contributed by atoms with Crippen LogP contribution in [0.3, 0.4) is 0 Å². The van der Waals surface area contributed by atoms with Crippen LogP contribution < -0.4 is 10.1 Å². The second kappa shape index (κ2) is 6.11. The summed E-state index contributed by atoms with van der Waals surface area (Å²) in [6, 6.07) is 13.5. The zero-order valence-electron chi connectivity index (χ0n) is 9.31. The zero-order chi connectivity index (χ0) is 11.4. The lowest BCUT2D eigenvalue weighted by atomic mass is 10.3. The zero-order valence-corrected chi connectivity index (χ0v) is 10.1. The normalized spacial score (nSPS) is 9.29. The van der Waals surface area contributed by atoms with E-state index in [1.165, 1.54) is 12.1 Å². The number of anilines is 1. The fourth-order valence-corrected chi connectivity index (χ4v) is 1.33. The molecule has 0 aliphatic rings. The molecule has 0 fully saturated rings. The van der Waals surface area contributed by atoms with Gasteiger partial charge in [0.25, 0.3) is 0 Å². The van der Waals surface area contributed by atoms with E-state index >= 15 is 0 Å².